The average Bonchev–Trinajstić information content (AvgIpc) is 3.02. The van der Waals surface area contributed by atoms with Gasteiger partial charge in [0.2, 0.25) is 5.91 Å². The molecule has 0 saturated carbocycles. The second kappa shape index (κ2) is 8.50. The number of aryl methyl sites for hydroxylation is 1. The van der Waals surface area contributed by atoms with Crippen LogP contribution in [-0.4, -0.2) is 22.1 Å². The van der Waals surface area contributed by atoms with Crippen LogP contribution >= 0.6 is 11.8 Å². The number of aromatic nitrogens is 2. The Morgan fingerprint density at radius 1 is 1.16 bits per heavy atom. The first-order valence-corrected chi connectivity index (χ1v) is 8.69. The molecule has 0 radical (unpaired) electrons. The minimum atomic E-state index is -0.166. The monoisotopic (exact) mass is 353 g/mol. The molecule has 0 unspecified atom stereocenters. The summed E-state index contributed by atoms with van der Waals surface area (Å²) < 4.78 is 7.40. The number of ether oxygens (including phenoxy) is 1. The second-order valence-corrected chi connectivity index (χ2v) is 6.51. The largest absolute Gasteiger partial charge is 0.367 e. The zero-order valence-corrected chi connectivity index (χ0v) is 14.7. The van der Waals surface area contributed by atoms with Gasteiger partial charge in [-0.05, 0) is 29.8 Å². The van der Waals surface area contributed by atoms with Crippen molar-refractivity contribution < 1.29 is 9.53 Å². The van der Waals surface area contributed by atoms with Crippen LogP contribution in [-0.2, 0) is 23.2 Å². The highest BCUT2D eigenvalue weighted by Crippen LogP contribution is 2.26. The second-order valence-electron chi connectivity index (χ2n) is 5.47. The van der Waals surface area contributed by atoms with E-state index in [1.807, 2.05) is 72.4 Å². The molecule has 3 aromatic rings. The highest BCUT2D eigenvalue weighted by molar-refractivity contribution is 7.99. The van der Waals surface area contributed by atoms with E-state index in [4.69, 9.17) is 4.74 Å². The molecular weight excluding hydrogens is 334 g/mol. The molecule has 0 aliphatic carbocycles. The minimum absolute atomic E-state index is 0.0265. The van der Waals surface area contributed by atoms with E-state index in [-0.39, 0.29) is 12.5 Å². The topological polar surface area (TPSA) is 56.2 Å². The quantitative estimate of drug-likeness (QED) is 0.703. The summed E-state index contributed by atoms with van der Waals surface area (Å²) in [5.41, 5.74) is 1.79. The Hall–Kier alpha value is -2.57. The van der Waals surface area contributed by atoms with Crippen molar-refractivity contribution in [3.63, 3.8) is 0 Å². The Kier molecular flexibility index (Phi) is 5.87. The maximum atomic E-state index is 11.9. The number of anilines is 1. The van der Waals surface area contributed by atoms with E-state index >= 15 is 0 Å². The van der Waals surface area contributed by atoms with Crippen LogP contribution in [0.3, 0.4) is 0 Å². The number of nitrogens with one attached hydrogen (secondary N) is 1. The molecule has 25 heavy (non-hydrogen) atoms. The van der Waals surface area contributed by atoms with Crippen molar-refractivity contribution >= 4 is 23.4 Å². The smallest absolute Gasteiger partial charge is 0.250 e. The van der Waals surface area contributed by atoms with E-state index in [1.165, 1.54) is 0 Å². The minimum Gasteiger partial charge on any atom is -0.367 e. The van der Waals surface area contributed by atoms with Crippen molar-refractivity contribution in [3.8, 4) is 0 Å². The van der Waals surface area contributed by atoms with Crippen molar-refractivity contribution in [2.24, 2.45) is 7.05 Å². The molecule has 128 valence electrons. The van der Waals surface area contributed by atoms with Gasteiger partial charge in [0.15, 0.2) is 5.16 Å². The SMILES string of the molecule is Cn1ccnc1Sc1ccc(NC(=O)COCc2ccccc2)cc1. The summed E-state index contributed by atoms with van der Waals surface area (Å²) in [6.45, 7) is 0.451. The lowest BCUT2D eigenvalue weighted by Crippen LogP contribution is -2.18. The summed E-state index contributed by atoms with van der Waals surface area (Å²) in [7, 11) is 1.96. The number of imidazole rings is 1. The third kappa shape index (κ3) is 5.20. The zero-order chi connectivity index (χ0) is 17.5. The number of nitrogens with zero attached hydrogens (tertiary/aromatic N) is 2. The lowest BCUT2D eigenvalue weighted by atomic mass is 10.2. The van der Waals surface area contributed by atoms with Gasteiger partial charge in [-0.15, -0.1) is 0 Å². The average molecular weight is 353 g/mol. The molecule has 0 aliphatic rings. The van der Waals surface area contributed by atoms with Gasteiger partial charge in [0.25, 0.3) is 0 Å². The molecule has 0 aliphatic heterocycles. The van der Waals surface area contributed by atoms with Crippen LogP contribution in [0.1, 0.15) is 5.56 Å². The Morgan fingerprint density at radius 2 is 1.92 bits per heavy atom. The number of hydrogen-bond acceptors (Lipinski definition) is 4. The zero-order valence-electron chi connectivity index (χ0n) is 13.9. The van der Waals surface area contributed by atoms with Crippen LogP contribution in [0.2, 0.25) is 0 Å². The Balaban J connectivity index is 1.46. The third-order valence-electron chi connectivity index (χ3n) is 3.47. The molecule has 1 heterocycles. The molecule has 1 N–H and O–H groups in total. The van der Waals surface area contributed by atoms with Crippen LogP contribution in [0.25, 0.3) is 0 Å². The first-order chi connectivity index (χ1) is 12.2. The Labute approximate surface area is 151 Å². The van der Waals surface area contributed by atoms with Gasteiger partial charge in [0, 0.05) is 30.0 Å². The first-order valence-electron chi connectivity index (χ1n) is 7.87. The molecule has 1 aromatic heterocycles. The molecule has 1 amide bonds. The van der Waals surface area contributed by atoms with E-state index in [2.05, 4.69) is 10.3 Å². The van der Waals surface area contributed by atoms with Crippen LogP contribution in [0.5, 0.6) is 0 Å². The molecule has 6 heteroatoms. The van der Waals surface area contributed by atoms with Crippen molar-refractivity contribution in [1.82, 2.24) is 9.55 Å². The number of carbonyl (C=O) groups is 1. The molecule has 0 fully saturated rings. The molecule has 0 atom stereocenters. The third-order valence-corrected chi connectivity index (χ3v) is 4.55. The fraction of sp³-hybridized carbons (Fsp3) is 0.158. The highest BCUT2D eigenvalue weighted by atomic mass is 32.2. The van der Waals surface area contributed by atoms with Crippen LogP contribution in [0.4, 0.5) is 5.69 Å². The van der Waals surface area contributed by atoms with Gasteiger partial charge in [0.05, 0.1) is 6.61 Å². The molecule has 5 nitrogen and oxygen atoms in total. The lowest BCUT2D eigenvalue weighted by Gasteiger charge is -2.07. The molecule has 3 rings (SSSR count). The number of hydrogen-bond donors (Lipinski definition) is 1. The fourth-order valence-electron chi connectivity index (χ4n) is 2.19. The summed E-state index contributed by atoms with van der Waals surface area (Å²) in [6, 6.07) is 17.4. The van der Waals surface area contributed by atoms with E-state index in [0.717, 1.165) is 21.3 Å². The number of rotatable bonds is 7. The summed E-state index contributed by atoms with van der Waals surface area (Å²) in [5.74, 6) is -0.166. The number of amides is 1. The van der Waals surface area contributed by atoms with Crippen molar-refractivity contribution in [2.75, 3.05) is 11.9 Å². The van der Waals surface area contributed by atoms with Crippen LogP contribution in [0, 0.1) is 0 Å². The summed E-state index contributed by atoms with van der Waals surface area (Å²) in [6.07, 6.45) is 3.68. The van der Waals surface area contributed by atoms with Gasteiger partial charge in [-0.2, -0.15) is 0 Å². The number of benzene rings is 2. The normalized spacial score (nSPS) is 10.6. The van der Waals surface area contributed by atoms with E-state index in [9.17, 15) is 4.79 Å². The van der Waals surface area contributed by atoms with Crippen molar-refractivity contribution in [3.05, 3.63) is 72.6 Å². The summed E-state index contributed by atoms with van der Waals surface area (Å²) in [5, 5.41) is 3.75. The predicted octanol–water partition coefficient (Wildman–Crippen LogP) is 3.73. The standard InChI is InChI=1S/C19H19N3O2S/c1-22-12-11-20-19(22)25-17-9-7-16(8-10-17)21-18(23)14-24-13-15-5-3-2-4-6-15/h2-12H,13-14H2,1H3,(H,21,23). The van der Waals surface area contributed by atoms with E-state index in [1.54, 1.807) is 18.0 Å². The maximum Gasteiger partial charge on any atom is 0.250 e. The first kappa shape index (κ1) is 17.3. The van der Waals surface area contributed by atoms with Gasteiger partial charge >= 0.3 is 0 Å². The summed E-state index contributed by atoms with van der Waals surface area (Å²) >= 11 is 1.57. The van der Waals surface area contributed by atoms with Gasteiger partial charge in [-0.3, -0.25) is 4.79 Å². The molecule has 0 bridgehead atoms. The molecule has 2 aromatic carbocycles. The van der Waals surface area contributed by atoms with Crippen molar-refractivity contribution in [1.29, 1.82) is 0 Å². The molecule has 0 spiro atoms. The summed E-state index contributed by atoms with van der Waals surface area (Å²) in [4.78, 5) is 17.3. The fourth-order valence-corrected chi connectivity index (χ4v) is 3.00. The molecular formula is C19H19N3O2S. The Morgan fingerprint density at radius 3 is 2.60 bits per heavy atom. The van der Waals surface area contributed by atoms with E-state index in [0.29, 0.717) is 6.61 Å². The van der Waals surface area contributed by atoms with Crippen molar-refractivity contribution in [2.45, 2.75) is 16.7 Å². The van der Waals surface area contributed by atoms with E-state index < -0.39 is 0 Å². The Bertz CT molecular complexity index is 816. The van der Waals surface area contributed by atoms with Crippen LogP contribution < -0.4 is 5.32 Å². The van der Waals surface area contributed by atoms with Gasteiger partial charge < -0.3 is 14.6 Å². The maximum absolute atomic E-state index is 11.9. The molecule has 0 saturated heterocycles. The predicted molar refractivity (Wildman–Crippen MR) is 98.5 cm³/mol. The van der Waals surface area contributed by atoms with Gasteiger partial charge in [-0.1, -0.05) is 42.1 Å². The van der Waals surface area contributed by atoms with Gasteiger partial charge in [-0.25, -0.2) is 4.98 Å². The van der Waals surface area contributed by atoms with Crippen LogP contribution in [0.15, 0.2) is 77.0 Å². The highest BCUT2D eigenvalue weighted by Gasteiger charge is 2.05. The lowest BCUT2D eigenvalue weighted by molar-refractivity contribution is -0.121. The van der Waals surface area contributed by atoms with Gasteiger partial charge in [0.1, 0.15) is 6.61 Å². The number of carbonyl (C=O) groups excluding carboxylic acids is 1.